The standard InChI is InChI=1S/C22H27Cl2NO5S/c1-3-29-22(26)18-6-8-20(9-7-18)30-15-12-19(24)16-25(14-13-23)31(27,28)21-10-4-17(2)5-11-21/h4-11,19H,3,12-16H2,1-2H3. The van der Waals surface area contributed by atoms with E-state index in [2.05, 4.69) is 0 Å². The summed E-state index contributed by atoms with van der Waals surface area (Å²) in [6.07, 6.45) is 0.434. The zero-order valence-corrected chi connectivity index (χ0v) is 19.9. The molecule has 0 amide bonds. The van der Waals surface area contributed by atoms with Crippen LogP contribution in [0.3, 0.4) is 0 Å². The van der Waals surface area contributed by atoms with E-state index in [1.165, 1.54) is 4.31 Å². The molecule has 0 fully saturated rings. The molecule has 0 bridgehead atoms. The molecule has 0 aromatic heterocycles. The summed E-state index contributed by atoms with van der Waals surface area (Å²) in [5, 5.41) is -0.456. The van der Waals surface area contributed by atoms with Crippen LogP contribution < -0.4 is 4.74 Å². The zero-order chi connectivity index (χ0) is 22.9. The van der Waals surface area contributed by atoms with Crippen molar-refractivity contribution in [2.24, 2.45) is 0 Å². The van der Waals surface area contributed by atoms with E-state index < -0.39 is 15.4 Å². The molecule has 1 unspecified atom stereocenters. The highest BCUT2D eigenvalue weighted by atomic mass is 35.5. The van der Waals surface area contributed by atoms with Crippen molar-refractivity contribution in [3.63, 3.8) is 0 Å². The minimum Gasteiger partial charge on any atom is -0.494 e. The highest BCUT2D eigenvalue weighted by molar-refractivity contribution is 7.89. The molecular formula is C22H27Cl2NO5S. The van der Waals surface area contributed by atoms with Gasteiger partial charge in [-0.2, -0.15) is 4.31 Å². The van der Waals surface area contributed by atoms with E-state index in [1.54, 1.807) is 55.5 Å². The molecule has 0 spiro atoms. The first-order valence-electron chi connectivity index (χ1n) is 9.94. The maximum absolute atomic E-state index is 12.9. The summed E-state index contributed by atoms with van der Waals surface area (Å²) < 4.78 is 37.8. The van der Waals surface area contributed by atoms with Gasteiger partial charge in [-0.1, -0.05) is 17.7 Å². The minimum atomic E-state index is -3.69. The van der Waals surface area contributed by atoms with Crippen LogP contribution in [0, 0.1) is 6.92 Å². The predicted octanol–water partition coefficient (Wildman–Crippen LogP) is 4.48. The highest BCUT2D eigenvalue weighted by Crippen LogP contribution is 2.19. The van der Waals surface area contributed by atoms with E-state index in [1.807, 2.05) is 6.92 Å². The molecular weight excluding hydrogens is 461 g/mol. The van der Waals surface area contributed by atoms with E-state index in [4.69, 9.17) is 32.7 Å². The van der Waals surface area contributed by atoms with Gasteiger partial charge in [0.25, 0.3) is 0 Å². The van der Waals surface area contributed by atoms with Gasteiger partial charge in [-0.15, -0.1) is 23.2 Å². The van der Waals surface area contributed by atoms with Gasteiger partial charge in [0.15, 0.2) is 0 Å². The van der Waals surface area contributed by atoms with E-state index in [9.17, 15) is 13.2 Å². The summed E-state index contributed by atoms with van der Waals surface area (Å²) in [5.74, 6) is 0.365. The van der Waals surface area contributed by atoms with E-state index in [-0.39, 0.29) is 29.8 Å². The Morgan fingerprint density at radius 1 is 1.10 bits per heavy atom. The smallest absolute Gasteiger partial charge is 0.338 e. The molecule has 0 radical (unpaired) electrons. The van der Waals surface area contributed by atoms with Gasteiger partial charge in [0.2, 0.25) is 10.0 Å². The number of carbonyl (C=O) groups is 1. The molecule has 0 saturated carbocycles. The van der Waals surface area contributed by atoms with Gasteiger partial charge in [0.1, 0.15) is 5.75 Å². The lowest BCUT2D eigenvalue weighted by atomic mass is 10.2. The monoisotopic (exact) mass is 487 g/mol. The lowest BCUT2D eigenvalue weighted by Gasteiger charge is -2.24. The Morgan fingerprint density at radius 3 is 2.32 bits per heavy atom. The third-order valence-electron chi connectivity index (χ3n) is 4.46. The Bertz CT molecular complexity index is 933. The van der Waals surface area contributed by atoms with Gasteiger partial charge >= 0.3 is 5.97 Å². The van der Waals surface area contributed by atoms with Crippen LogP contribution >= 0.6 is 23.2 Å². The normalized spacial score (nSPS) is 12.5. The fraction of sp³-hybridized carbons (Fsp3) is 0.409. The van der Waals surface area contributed by atoms with Crippen LogP contribution in [0.4, 0.5) is 0 Å². The largest absolute Gasteiger partial charge is 0.494 e. The molecule has 0 aliphatic heterocycles. The number of hydrogen-bond acceptors (Lipinski definition) is 5. The summed E-state index contributed by atoms with van der Waals surface area (Å²) in [5.41, 5.74) is 1.42. The first-order chi connectivity index (χ1) is 14.8. The number of hydrogen-bond donors (Lipinski definition) is 0. The Morgan fingerprint density at radius 2 is 1.74 bits per heavy atom. The van der Waals surface area contributed by atoms with Crippen molar-refractivity contribution < 1.29 is 22.7 Å². The Kier molecular flexibility index (Phi) is 10.1. The predicted molar refractivity (Wildman–Crippen MR) is 123 cm³/mol. The van der Waals surface area contributed by atoms with Crippen LogP contribution in [0.25, 0.3) is 0 Å². The van der Waals surface area contributed by atoms with Crippen molar-refractivity contribution in [3.05, 3.63) is 59.7 Å². The molecule has 170 valence electrons. The van der Waals surface area contributed by atoms with E-state index in [0.717, 1.165) is 5.56 Å². The fourth-order valence-corrected chi connectivity index (χ4v) is 4.91. The third-order valence-corrected chi connectivity index (χ3v) is 6.86. The molecule has 2 aromatic carbocycles. The zero-order valence-electron chi connectivity index (χ0n) is 17.6. The molecule has 0 aliphatic carbocycles. The summed E-state index contributed by atoms with van der Waals surface area (Å²) in [7, 11) is -3.69. The van der Waals surface area contributed by atoms with Crippen LogP contribution in [0.15, 0.2) is 53.4 Å². The van der Waals surface area contributed by atoms with Gasteiger partial charge in [-0.3, -0.25) is 0 Å². The number of alkyl halides is 2. The number of carbonyl (C=O) groups excluding carboxylic acids is 1. The third kappa shape index (κ3) is 7.68. The van der Waals surface area contributed by atoms with Crippen LogP contribution in [-0.2, 0) is 14.8 Å². The second-order valence-corrected chi connectivity index (χ2v) is 9.78. The molecule has 0 saturated heterocycles. The van der Waals surface area contributed by atoms with E-state index >= 15 is 0 Å². The van der Waals surface area contributed by atoms with Crippen LogP contribution in [0.2, 0.25) is 0 Å². The minimum absolute atomic E-state index is 0.121. The van der Waals surface area contributed by atoms with E-state index in [0.29, 0.717) is 30.9 Å². The van der Waals surface area contributed by atoms with Crippen molar-refractivity contribution >= 4 is 39.2 Å². The maximum Gasteiger partial charge on any atom is 0.338 e. The van der Waals surface area contributed by atoms with Crippen molar-refractivity contribution in [1.29, 1.82) is 0 Å². The highest BCUT2D eigenvalue weighted by Gasteiger charge is 2.26. The second kappa shape index (κ2) is 12.3. The lowest BCUT2D eigenvalue weighted by Crippen LogP contribution is -2.37. The average molecular weight is 488 g/mol. The van der Waals surface area contributed by atoms with Gasteiger partial charge in [-0.25, -0.2) is 13.2 Å². The first kappa shape index (κ1) is 25.5. The molecule has 0 heterocycles. The lowest BCUT2D eigenvalue weighted by molar-refractivity contribution is 0.0526. The van der Waals surface area contributed by atoms with Crippen LogP contribution in [0.5, 0.6) is 5.75 Å². The maximum atomic E-state index is 12.9. The molecule has 0 N–H and O–H groups in total. The van der Waals surface area contributed by atoms with Gasteiger partial charge < -0.3 is 9.47 Å². The molecule has 2 aromatic rings. The number of nitrogens with zero attached hydrogens (tertiary/aromatic N) is 1. The number of ether oxygens (including phenoxy) is 2. The molecule has 0 aliphatic rings. The number of esters is 1. The Hall–Kier alpha value is -1.80. The van der Waals surface area contributed by atoms with Crippen molar-refractivity contribution in [2.75, 3.05) is 32.2 Å². The SMILES string of the molecule is CCOC(=O)c1ccc(OCCC(Cl)CN(CCCl)S(=O)(=O)c2ccc(C)cc2)cc1. The number of sulfonamides is 1. The topological polar surface area (TPSA) is 72.9 Å². The molecule has 2 rings (SSSR count). The van der Waals surface area contributed by atoms with Gasteiger partial charge in [0, 0.05) is 19.0 Å². The van der Waals surface area contributed by atoms with Crippen molar-refractivity contribution in [1.82, 2.24) is 4.31 Å². The van der Waals surface area contributed by atoms with Crippen LogP contribution in [-0.4, -0.2) is 56.3 Å². The second-order valence-electron chi connectivity index (χ2n) is 6.84. The summed E-state index contributed by atoms with van der Waals surface area (Å²) in [4.78, 5) is 11.9. The molecule has 1 atom stereocenters. The van der Waals surface area contributed by atoms with Gasteiger partial charge in [0.05, 0.1) is 29.0 Å². The average Bonchev–Trinajstić information content (AvgIpc) is 2.74. The first-order valence-corrected chi connectivity index (χ1v) is 12.4. The number of benzene rings is 2. The number of aryl methyl sites for hydroxylation is 1. The Labute approximate surface area is 194 Å². The van der Waals surface area contributed by atoms with Crippen LogP contribution in [0.1, 0.15) is 29.3 Å². The van der Waals surface area contributed by atoms with Crippen molar-refractivity contribution in [3.8, 4) is 5.75 Å². The molecule has 6 nitrogen and oxygen atoms in total. The Balaban J connectivity index is 1.91. The summed E-state index contributed by atoms with van der Waals surface area (Å²) in [6.45, 7) is 4.54. The summed E-state index contributed by atoms with van der Waals surface area (Å²) >= 11 is 12.2. The van der Waals surface area contributed by atoms with Gasteiger partial charge in [-0.05, 0) is 56.7 Å². The number of rotatable bonds is 12. The summed E-state index contributed by atoms with van der Waals surface area (Å²) in [6, 6.07) is 13.3. The number of halogens is 2. The molecule has 31 heavy (non-hydrogen) atoms. The molecule has 9 heteroatoms. The fourth-order valence-electron chi connectivity index (χ4n) is 2.78. The quantitative estimate of drug-likeness (QED) is 0.326. The van der Waals surface area contributed by atoms with Crippen molar-refractivity contribution in [2.45, 2.75) is 30.5 Å².